The molecule has 0 saturated heterocycles. The van der Waals surface area contributed by atoms with Gasteiger partial charge >= 0.3 is 0 Å². The highest BCUT2D eigenvalue weighted by Gasteiger charge is 2.13. The molecule has 0 fully saturated rings. The number of aryl methyl sites for hydroxylation is 1. The molecule has 122 valence electrons. The maximum Gasteiger partial charge on any atom is 0.294 e. The van der Waals surface area contributed by atoms with E-state index in [9.17, 15) is 13.5 Å². The number of azo groups is 1. The molecule has 24 heavy (non-hydrogen) atoms. The fourth-order valence-electron chi connectivity index (χ4n) is 2.34. The largest absolute Gasteiger partial charge is 0.506 e. The predicted octanol–water partition coefficient (Wildman–Crippen LogP) is 4.52. The molecule has 7 heteroatoms. The molecule has 0 bridgehead atoms. The van der Waals surface area contributed by atoms with Crippen molar-refractivity contribution >= 4 is 32.3 Å². The van der Waals surface area contributed by atoms with Crippen LogP contribution in [0.3, 0.4) is 0 Å². The number of fused-ring (bicyclic) bond motifs is 1. The van der Waals surface area contributed by atoms with E-state index in [1.165, 1.54) is 24.3 Å². The number of benzene rings is 3. The van der Waals surface area contributed by atoms with Gasteiger partial charge in [-0.15, -0.1) is 5.11 Å². The Balaban J connectivity index is 2.12. The maximum atomic E-state index is 11.2. The standard InChI is InChI=1S/C17H14N2O4S/c1-11-3-2-4-13(9-11)18-19-17-15-7-6-14(24(21,22)23)10-12(15)5-8-16(17)20/h2-10,20H,1H3,(H,21,22,23). The van der Waals surface area contributed by atoms with Crippen LogP contribution in [-0.4, -0.2) is 18.1 Å². The highest BCUT2D eigenvalue weighted by molar-refractivity contribution is 7.85. The first kappa shape index (κ1) is 16.1. The van der Waals surface area contributed by atoms with Crippen LogP contribution in [0.2, 0.25) is 0 Å². The smallest absolute Gasteiger partial charge is 0.294 e. The molecule has 0 spiro atoms. The lowest BCUT2D eigenvalue weighted by atomic mass is 10.1. The Morgan fingerprint density at radius 2 is 1.75 bits per heavy atom. The number of hydrogen-bond acceptors (Lipinski definition) is 5. The molecule has 0 aliphatic carbocycles. The Kier molecular flexibility index (Phi) is 4.04. The van der Waals surface area contributed by atoms with Crippen molar-refractivity contribution in [2.45, 2.75) is 11.8 Å². The number of hydrogen-bond donors (Lipinski definition) is 2. The van der Waals surface area contributed by atoms with Crippen molar-refractivity contribution in [2.24, 2.45) is 10.2 Å². The van der Waals surface area contributed by atoms with Gasteiger partial charge in [0.15, 0.2) is 0 Å². The second-order valence-corrected chi connectivity index (χ2v) is 6.75. The molecule has 2 N–H and O–H groups in total. The van der Waals surface area contributed by atoms with Crippen LogP contribution in [-0.2, 0) is 10.1 Å². The molecule has 3 aromatic carbocycles. The Hall–Kier alpha value is -2.77. The Bertz CT molecular complexity index is 1060. The van der Waals surface area contributed by atoms with Crippen LogP contribution in [0.5, 0.6) is 5.75 Å². The van der Waals surface area contributed by atoms with E-state index >= 15 is 0 Å². The van der Waals surface area contributed by atoms with Crippen LogP contribution in [0.1, 0.15) is 5.56 Å². The summed E-state index contributed by atoms with van der Waals surface area (Å²) in [4.78, 5) is -0.220. The molecule has 0 aromatic heterocycles. The lowest BCUT2D eigenvalue weighted by molar-refractivity contribution is 0.477. The molecule has 0 radical (unpaired) electrons. The third-order valence-electron chi connectivity index (χ3n) is 3.51. The predicted molar refractivity (Wildman–Crippen MR) is 90.8 cm³/mol. The van der Waals surface area contributed by atoms with Crippen LogP contribution in [0.25, 0.3) is 10.8 Å². The minimum Gasteiger partial charge on any atom is -0.506 e. The lowest BCUT2D eigenvalue weighted by Gasteiger charge is -2.05. The fourth-order valence-corrected chi connectivity index (χ4v) is 2.86. The first-order valence-electron chi connectivity index (χ1n) is 7.06. The van der Waals surface area contributed by atoms with Gasteiger partial charge < -0.3 is 5.11 Å². The van der Waals surface area contributed by atoms with Gasteiger partial charge in [0.05, 0.1) is 10.6 Å². The quantitative estimate of drug-likeness (QED) is 0.540. The molecule has 0 heterocycles. The van der Waals surface area contributed by atoms with E-state index in [0.29, 0.717) is 16.5 Å². The summed E-state index contributed by atoms with van der Waals surface area (Å²) in [7, 11) is -4.29. The van der Waals surface area contributed by atoms with Gasteiger partial charge in [-0.2, -0.15) is 13.5 Å². The molecule has 3 aromatic rings. The molecule has 6 nitrogen and oxygen atoms in total. The minimum atomic E-state index is -4.29. The number of rotatable bonds is 3. The summed E-state index contributed by atoms with van der Waals surface area (Å²) in [5.41, 5.74) is 1.91. The summed E-state index contributed by atoms with van der Waals surface area (Å²) < 4.78 is 31.6. The average molecular weight is 342 g/mol. The van der Waals surface area contributed by atoms with Crippen molar-refractivity contribution in [1.82, 2.24) is 0 Å². The zero-order chi connectivity index (χ0) is 17.3. The molecule has 0 saturated carbocycles. The summed E-state index contributed by atoms with van der Waals surface area (Å²) in [5, 5.41) is 19.3. The van der Waals surface area contributed by atoms with Crippen LogP contribution in [0.15, 0.2) is 69.7 Å². The van der Waals surface area contributed by atoms with Crippen molar-refractivity contribution in [3.8, 4) is 5.75 Å². The third-order valence-corrected chi connectivity index (χ3v) is 4.36. The molecule has 3 rings (SSSR count). The van der Waals surface area contributed by atoms with E-state index in [0.717, 1.165) is 5.56 Å². The van der Waals surface area contributed by atoms with E-state index in [-0.39, 0.29) is 16.3 Å². The van der Waals surface area contributed by atoms with Crippen molar-refractivity contribution in [3.63, 3.8) is 0 Å². The number of nitrogens with zero attached hydrogens (tertiary/aromatic N) is 2. The van der Waals surface area contributed by atoms with Gasteiger partial charge in [0.2, 0.25) is 0 Å². The molecule has 0 atom stereocenters. The van der Waals surface area contributed by atoms with Crippen molar-refractivity contribution in [3.05, 3.63) is 60.2 Å². The van der Waals surface area contributed by atoms with E-state index in [2.05, 4.69) is 10.2 Å². The van der Waals surface area contributed by atoms with Gasteiger partial charge in [0, 0.05) is 5.39 Å². The molecular weight excluding hydrogens is 328 g/mol. The average Bonchev–Trinajstić information content (AvgIpc) is 2.52. The Morgan fingerprint density at radius 3 is 2.46 bits per heavy atom. The van der Waals surface area contributed by atoms with Gasteiger partial charge in [0.25, 0.3) is 10.1 Å². The van der Waals surface area contributed by atoms with Crippen molar-refractivity contribution in [1.29, 1.82) is 0 Å². The summed E-state index contributed by atoms with van der Waals surface area (Å²) in [5.74, 6) is -0.0708. The highest BCUT2D eigenvalue weighted by atomic mass is 32.2. The molecular formula is C17H14N2O4S. The van der Waals surface area contributed by atoms with Gasteiger partial charge in [-0.3, -0.25) is 4.55 Å². The van der Waals surface area contributed by atoms with Gasteiger partial charge in [0.1, 0.15) is 11.4 Å². The van der Waals surface area contributed by atoms with E-state index in [1.807, 2.05) is 25.1 Å². The Morgan fingerprint density at radius 1 is 0.958 bits per heavy atom. The van der Waals surface area contributed by atoms with Crippen molar-refractivity contribution in [2.75, 3.05) is 0 Å². The number of aromatic hydroxyl groups is 1. The monoisotopic (exact) mass is 342 g/mol. The lowest BCUT2D eigenvalue weighted by Crippen LogP contribution is -1.97. The van der Waals surface area contributed by atoms with Crippen molar-refractivity contribution < 1.29 is 18.1 Å². The normalized spacial score (nSPS) is 12.1. The first-order chi connectivity index (χ1) is 11.3. The second kappa shape index (κ2) is 6.03. The van der Waals surface area contributed by atoms with Crippen LogP contribution < -0.4 is 0 Å². The summed E-state index contributed by atoms with van der Waals surface area (Å²) in [6.45, 7) is 1.94. The topological polar surface area (TPSA) is 99.3 Å². The van der Waals surface area contributed by atoms with Gasteiger partial charge in [-0.25, -0.2) is 0 Å². The molecule has 0 unspecified atom stereocenters. The summed E-state index contributed by atoms with van der Waals surface area (Å²) in [6.07, 6.45) is 0. The SMILES string of the molecule is Cc1cccc(N=Nc2c(O)ccc3cc(S(=O)(=O)O)ccc23)c1. The zero-order valence-electron chi connectivity index (χ0n) is 12.7. The molecule has 0 amide bonds. The Labute approximate surface area is 138 Å². The second-order valence-electron chi connectivity index (χ2n) is 5.33. The molecule has 0 aliphatic heterocycles. The van der Waals surface area contributed by atoms with Crippen LogP contribution >= 0.6 is 0 Å². The maximum absolute atomic E-state index is 11.2. The van der Waals surface area contributed by atoms with Gasteiger partial charge in [-0.05, 0) is 48.2 Å². The number of phenols is 1. The minimum absolute atomic E-state index is 0.0708. The van der Waals surface area contributed by atoms with Gasteiger partial charge in [-0.1, -0.05) is 24.3 Å². The number of phenolic OH excluding ortho intramolecular Hbond substituents is 1. The first-order valence-corrected chi connectivity index (χ1v) is 8.50. The van der Waals surface area contributed by atoms with E-state index < -0.39 is 10.1 Å². The summed E-state index contributed by atoms with van der Waals surface area (Å²) >= 11 is 0. The summed E-state index contributed by atoms with van der Waals surface area (Å²) in [6, 6.07) is 14.4. The van der Waals surface area contributed by atoms with E-state index in [4.69, 9.17) is 4.55 Å². The van der Waals surface area contributed by atoms with Crippen LogP contribution in [0.4, 0.5) is 11.4 Å². The van der Waals surface area contributed by atoms with Crippen LogP contribution in [0, 0.1) is 6.92 Å². The third kappa shape index (κ3) is 3.27. The molecule has 0 aliphatic rings. The van der Waals surface area contributed by atoms with E-state index in [1.54, 1.807) is 12.1 Å². The fraction of sp³-hybridized carbons (Fsp3) is 0.0588. The highest BCUT2D eigenvalue weighted by Crippen LogP contribution is 2.37. The zero-order valence-corrected chi connectivity index (χ0v) is 13.5.